The minimum Gasteiger partial charge on any atom is -0.452 e. The van der Waals surface area contributed by atoms with Gasteiger partial charge < -0.3 is 10.1 Å². The van der Waals surface area contributed by atoms with Crippen molar-refractivity contribution in [3.05, 3.63) is 30.3 Å². The Morgan fingerprint density at radius 3 is 2.65 bits per heavy atom. The van der Waals surface area contributed by atoms with Gasteiger partial charge >= 0.3 is 5.97 Å². The molecule has 1 aromatic carbocycles. The quantitative estimate of drug-likeness (QED) is 0.639. The van der Waals surface area contributed by atoms with E-state index in [1.54, 1.807) is 6.92 Å². The predicted molar refractivity (Wildman–Crippen MR) is 92.3 cm³/mol. The van der Waals surface area contributed by atoms with Crippen LogP contribution in [0.1, 0.15) is 39.5 Å². The van der Waals surface area contributed by atoms with Crippen LogP contribution in [-0.2, 0) is 14.3 Å². The molecule has 1 aromatic rings. The zero-order valence-corrected chi connectivity index (χ0v) is 14.6. The Labute approximate surface area is 142 Å². The van der Waals surface area contributed by atoms with E-state index in [2.05, 4.69) is 12.2 Å². The number of carbonyl (C=O) groups excluding carboxylic acids is 2. The normalized spacial score (nSPS) is 22.2. The van der Waals surface area contributed by atoms with E-state index in [-0.39, 0.29) is 23.7 Å². The number of hydrogen-bond donors (Lipinski definition) is 1. The molecular formula is C18H25NO3S. The first-order valence-corrected chi connectivity index (χ1v) is 9.22. The molecule has 1 amide bonds. The first kappa shape index (κ1) is 17.9. The van der Waals surface area contributed by atoms with Crippen molar-refractivity contribution in [3.8, 4) is 0 Å². The third-order valence-corrected chi connectivity index (χ3v) is 5.20. The Morgan fingerprint density at radius 1 is 1.26 bits per heavy atom. The molecule has 0 heterocycles. The standard InChI is InChI=1S/C18H25NO3S/c1-13-8-6-7-11-16(13)19-18(21)14(2)22-17(20)12-23-15-9-4-3-5-10-15/h3-5,9-10,13-14,16H,6-8,11-12H2,1-2H3,(H,19,21)/t13-,14-,16-/m1/s1. The molecule has 2 rings (SSSR count). The van der Waals surface area contributed by atoms with Gasteiger partial charge in [0.1, 0.15) is 0 Å². The van der Waals surface area contributed by atoms with Crippen LogP contribution in [0.5, 0.6) is 0 Å². The molecule has 5 heteroatoms. The van der Waals surface area contributed by atoms with Crippen molar-refractivity contribution >= 4 is 23.6 Å². The third-order valence-electron chi connectivity index (χ3n) is 4.22. The number of ether oxygens (including phenoxy) is 1. The number of esters is 1. The second kappa shape index (κ2) is 8.96. The summed E-state index contributed by atoms with van der Waals surface area (Å²) in [5.41, 5.74) is 0. The number of hydrogen-bond acceptors (Lipinski definition) is 4. The van der Waals surface area contributed by atoms with Crippen LogP contribution in [0, 0.1) is 5.92 Å². The Bertz CT molecular complexity index is 520. The highest BCUT2D eigenvalue weighted by Crippen LogP contribution is 2.24. The number of carbonyl (C=O) groups is 2. The fourth-order valence-electron chi connectivity index (χ4n) is 2.77. The summed E-state index contributed by atoms with van der Waals surface area (Å²) in [5.74, 6) is 0.144. The number of rotatable bonds is 6. The molecule has 1 N–H and O–H groups in total. The lowest BCUT2D eigenvalue weighted by atomic mass is 9.86. The predicted octanol–water partition coefficient (Wildman–Crippen LogP) is 3.41. The maximum absolute atomic E-state index is 12.2. The van der Waals surface area contributed by atoms with Crippen LogP contribution >= 0.6 is 11.8 Å². The van der Waals surface area contributed by atoms with E-state index in [0.29, 0.717) is 5.92 Å². The Hall–Kier alpha value is -1.49. The fraction of sp³-hybridized carbons (Fsp3) is 0.556. The molecule has 0 spiro atoms. The molecule has 1 saturated carbocycles. The average Bonchev–Trinajstić information content (AvgIpc) is 2.56. The Morgan fingerprint density at radius 2 is 1.96 bits per heavy atom. The lowest BCUT2D eigenvalue weighted by molar-refractivity contribution is -0.152. The van der Waals surface area contributed by atoms with E-state index in [9.17, 15) is 9.59 Å². The summed E-state index contributed by atoms with van der Waals surface area (Å²) < 4.78 is 5.24. The van der Waals surface area contributed by atoms with Crippen LogP contribution in [0.4, 0.5) is 0 Å². The van der Waals surface area contributed by atoms with E-state index < -0.39 is 6.10 Å². The molecule has 3 atom stereocenters. The summed E-state index contributed by atoms with van der Waals surface area (Å²) in [7, 11) is 0. The second-order valence-electron chi connectivity index (χ2n) is 6.11. The van der Waals surface area contributed by atoms with Gasteiger partial charge in [0, 0.05) is 10.9 Å². The lowest BCUT2D eigenvalue weighted by Gasteiger charge is -2.30. The fourth-order valence-corrected chi connectivity index (χ4v) is 3.48. The summed E-state index contributed by atoms with van der Waals surface area (Å²) >= 11 is 1.41. The maximum Gasteiger partial charge on any atom is 0.317 e. The summed E-state index contributed by atoms with van der Waals surface area (Å²) in [6.07, 6.45) is 3.80. The van der Waals surface area contributed by atoms with Crippen LogP contribution in [0.25, 0.3) is 0 Å². The molecule has 1 aliphatic carbocycles. The SMILES string of the molecule is C[C@@H]1CCCC[C@H]1NC(=O)[C@@H](C)OC(=O)CSc1ccccc1. The van der Waals surface area contributed by atoms with Crippen LogP contribution in [0.15, 0.2) is 35.2 Å². The third kappa shape index (κ3) is 5.90. The first-order chi connectivity index (χ1) is 11.1. The number of amides is 1. The Kier molecular flexibility index (Phi) is 6.96. The Balaban J connectivity index is 1.73. The van der Waals surface area contributed by atoms with Crippen molar-refractivity contribution in [2.75, 3.05) is 5.75 Å². The van der Waals surface area contributed by atoms with Gasteiger partial charge in [0.15, 0.2) is 6.10 Å². The highest BCUT2D eigenvalue weighted by molar-refractivity contribution is 8.00. The highest BCUT2D eigenvalue weighted by atomic mass is 32.2. The number of nitrogens with one attached hydrogen (secondary N) is 1. The van der Waals surface area contributed by atoms with Crippen molar-refractivity contribution in [3.63, 3.8) is 0 Å². The van der Waals surface area contributed by atoms with Crippen molar-refractivity contribution in [1.29, 1.82) is 0 Å². The first-order valence-electron chi connectivity index (χ1n) is 8.24. The molecule has 4 nitrogen and oxygen atoms in total. The molecule has 0 aliphatic heterocycles. The molecule has 0 radical (unpaired) electrons. The summed E-state index contributed by atoms with van der Waals surface area (Å²) in [4.78, 5) is 25.0. The zero-order valence-electron chi connectivity index (χ0n) is 13.8. The van der Waals surface area contributed by atoms with Gasteiger partial charge in [-0.15, -0.1) is 11.8 Å². The van der Waals surface area contributed by atoms with Gasteiger partial charge in [0.2, 0.25) is 0 Å². The van der Waals surface area contributed by atoms with E-state index in [1.165, 1.54) is 18.2 Å². The van der Waals surface area contributed by atoms with Gasteiger partial charge in [-0.25, -0.2) is 0 Å². The molecule has 1 aliphatic rings. The van der Waals surface area contributed by atoms with Gasteiger partial charge in [0.25, 0.3) is 5.91 Å². The van der Waals surface area contributed by atoms with E-state index in [1.807, 2.05) is 30.3 Å². The van der Waals surface area contributed by atoms with Crippen molar-refractivity contribution in [2.45, 2.75) is 56.6 Å². The minimum atomic E-state index is -0.743. The smallest absolute Gasteiger partial charge is 0.317 e. The van der Waals surface area contributed by atoms with Crippen LogP contribution in [0.2, 0.25) is 0 Å². The maximum atomic E-state index is 12.2. The van der Waals surface area contributed by atoms with Gasteiger partial charge in [-0.1, -0.05) is 38.0 Å². The molecule has 0 aromatic heterocycles. The highest BCUT2D eigenvalue weighted by Gasteiger charge is 2.26. The van der Waals surface area contributed by atoms with Gasteiger partial charge in [-0.3, -0.25) is 9.59 Å². The van der Waals surface area contributed by atoms with Crippen molar-refractivity contribution < 1.29 is 14.3 Å². The van der Waals surface area contributed by atoms with E-state index in [4.69, 9.17) is 4.74 Å². The summed E-state index contributed by atoms with van der Waals surface area (Å²) in [6, 6.07) is 9.87. The molecular weight excluding hydrogens is 310 g/mol. The van der Waals surface area contributed by atoms with Crippen LogP contribution in [0.3, 0.4) is 0 Å². The second-order valence-corrected chi connectivity index (χ2v) is 7.16. The van der Waals surface area contributed by atoms with Crippen LogP contribution < -0.4 is 5.32 Å². The van der Waals surface area contributed by atoms with E-state index in [0.717, 1.165) is 24.2 Å². The van der Waals surface area contributed by atoms with Gasteiger partial charge in [-0.05, 0) is 37.8 Å². The molecule has 23 heavy (non-hydrogen) atoms. The van der Waals surface area contributed by atoms with Crippen LogP contribution in [-0.4, -0.2) is 29.8 Å². The monoisotopic (exact) mass is 335 g/mol. The molecule has 0 bridgehead atoms. The average molecular weight is 335 g/mol. The lowest BCUT2D eigenvalue weighted by Crippen LogP contribution is -2.46. The molecule has 0 unspecified atom stereocenters. The number of benzene rings is 1. The minimum absolute atomic E-state index is 0.193. The molecule has 1 fully saturated rings. The summed E-state index contributed by atoms with van der Waals surface area (Å²) in [5, 5.41) is 3.02. The van der Waals surface area contributed by atoms with E-state index >= 15 is 0 Å². The molecule has 0 saturated heterocycles. The number of thioether (sulfide) groups is 1. The van der Waals surface area contributed by atoms with Crippen molar-refractivity contribution in [1.82, 2.24) is 5.32 Å². The zero-order chi connectivity index (χ0) is 16.7. The van der Waals surface area contributed by atoms with Gasteiger partial charge in [-0.2, -0.15) is 0 Å². The molecule has 126 valence electrons. The topological polar surface area (TPSA) is 55.4 Å². The van der Waals surface area contributed by atoms with Gasteiger partial charge in [0.05, 0.1) is 5.75 Å². The van der Waals surface area contributed by atoms with Crippen molar-refractivity contribution in [2.24, 2.45) is 5.92 Å². The largest absolute Gasteiger partial charge is 0.452 e. The summed E-state index contributed by atoms with van der Waals surface area (Å²) in [6.45, 7) is 3.80.